The number of carbonyl (C=O) groups is 1. The number of aliphatic hydroxyl groups excluding tert-OH is 1. The summed E-state index contributed by atoms with van der Waals surface area (Å²) in [4.78, 5) is 12.6. The van der Waals surface area contributed by atoms with Gasteiger partial charge < -0.3 is 9.84 Å². The lowest BCUT2D eigenvalue weighted by Crippen LogP contribution is -2.31. The molecule has 0 saturated heterocycles. The highest BCUT2D eigenvalue weighted by Crippen LogP contribution is 2.60. The van der Waals surface area contributed by atoms with E-state index in [4.69, 9.17) is 4.74 Å². The van der Waals surface area contributed by atoms with Crippen LogP contribution in [-0.4, -0.2) is 17.7 Å². The molecular formula is C25H38O3. The van der Waals surface area contributed by atoms with Gasteiger partial charge >= 0.3 is 5.97 Å². The van der Waals surface area contributed by atoms with Crippen molar-refractivity contribution in [3.63, 3.8) is 0 Å². The molecule has 3 heteroatoms. The van der Waals surface area contributed by atoms with Gasteiger partial charge in [0.25, 0.3) is 0 Å². The Morgan fingerprint density at radius 1 is 1.07 bits per heavy atom. The Morgan fingerprint density at radius 3 is 2.29 bits per heavy atom. The summed E-state index contributed by atoms with van der Waals surface area (Å²) in [6.45, 7) is 7.41. The molecule has 3 rings (SSSR count). The summed E-state index contributed by atoms with van der Waals surface area (Å²) in [5.41, 5.74) is 1.03. The Morgan fingerprint density at radius 2 is 1.75 bits per heavy atom. The molecule has 156 valence electrons. The van der Waals surface area contributed by atoms with Crippen LogP contribution in [-0.2, 0) is 16.1 Å². The van der Waals surface area contributed by atoms with E-state index in [2.05, 4.69) is 20.8 Å². The highest BCUT2D eigenvalue weighted by atomic mass is 16.5. The first-order chi connectivity index (χ1) is 13.6. The van der Waals surface area contributed by atoms with Crippen molar-refractivity contribution in [3.05, 3.63) is 35.9 Å². The summed E-state index contributed by atoms with van der Waals surface area (Å²) in [6.07, 6.45) is 6.47. The van der Waals surface area contributed by atoms with Gasteiger partial charge in [0.1, 0.15) is 6.61 Å². The van der Waals surface area contributed by atoms with E-state index in [0.717, 1.165) is 24.3 Å². The minimum absolute atomic E-state index is 0.0880. The molecule has 0 spiro atoms. The molecule has 1 N–H and O–H groups in total. The third-order valence-electron chi connectivity index (χ3n) is 7.59. The van der Waals surface area contributed by atoms with Crippen LogP contribution in [0.25, 0.3) is 0 Å². The number of esters is 1. The fraction of sp³-hybridized carbons (Fsp3) is 0.720. The number of hydrogen-bond acceptors (Lipinski definition) is 3. The standard InChI is InChI=1S/C25H38O3/c1-4-18(14-23(27)28-16-17-10-8-7-9-11-17)24-22(15-26)20(5-2)21(6-3)25(24)19-12-13-19/h7-11,18-22,24-26H,4-6,12-16H2,1-3H3. The zero-order chi connectivity index (χ0) is 20.1. The monoisotopic (exact) mass is 386 g/mol. The van der Waals surface area contributed by atoms with Crippen LogP contribution in [0.5, 0.6) is 0 Å². The topological polar surface area (TPSA) is 46.5 Å². The number of benzene rings is 1. The molecule has 28 heavy (non-hydrogen) atoms. The van der Waals surface area contributed by atoms with E-state index in [1.54, 1.807) is 0 Å². The second kappa shape index (κ2) is 9.91. The third-order valence-corrected chi connectivity index (χ3v) is 7.59. The van der Waals surface area contributed by atoms with Crippen molar-refractivity contribution in [2.24, 2.45) is 41.4 Å². The fourth-order valence-corrected chi connectivity index (χ4v) is 6.27. The molecule has 2 fully saturated rings. The Hall–Kier alpha value is -1.35. The summed E-state index contributed by atoms with van der Waals surface area (Å²) >= 11 is 0. The molecule has 0 amide bonds. The van der Waals surface area contributed by atoms with Gasteiger partial charge in [-0.05, 0) is 59.8 Å². The van der Waals surface area contributed by atoms with Crippen LogP contribution >= 0.6 is 0 Å². The molecule has 2 aliphatic carbocycles. The highest BCUT2D eigenvalue weighted by Gasteiger charge is 2.55. The number of ether oxygens (including phenoxy) is 1. The van der Waals surface area contributed by atoms with Crippen molar-refractivity contribution in [1.82, 2.24) is 0 Å². The smallest absolute Gasteiger partial charge is 0.306 e. The molecule has 6 atom stereocenters. The lowest BCUT2D eigenvalue weighted by atomic mass is 9.72. The largest absolute Gasteiger partial charge is 0.461 e. The van der Waals surface area contributed by atoms with E-state index < -0.39 is 0 Å². The zero-order valence-electron chi connectivity index (χ0n) is 17.8. The van der Waals surface area contributed by atoms with Crippen molar-refractivity contribution >= 4 is 5.97 Å². The molecule has 1 aromatic carbocycles. The minimum atomic E-state index is -0.0880. The fourth-order valence-electron chi connectivity index (χ4n) is 6.27. The van der Waals surface area contributed by atoms with Gasteiger partial charge in [0.15, 0.2) is 0 Å². The maximum absolute atomic E-state index is 12.6. The second-order valence-electron chi connectivity index (χ2n) is 9.00. The average Bonchev–Trinajstić information content (AvgIpc) is 3.52. The molecule has 0 heterocycles. The van der Waals surface area contributed by atoms with Crippen molar-refractivity contribution < 1.29 is 14.6 Å². The molecule has 2 aliphatic rings. The summed E-state index contributed by atoms with van der Waals surface area (Å²) < 4.78 is 5.61. The molecule has 6 unspecified atom stereocenters. The van der Waals surface area contributed by atoms with Crippen LogP contribution in [0.3, 0.4) is 0 Å². The van der Waals surface area contributed by atoms with Crippen LogP contribution in [0, 0.1) is 41.4 Å². The Kier molecular flexibility index (Phi) is 7.56. The summed E-state index contributed by atoms with van der Waals surface area (Å²) in [7, 11) is 0. The van der Waals surface area contributed by atoms with Gasteiger partial charge in [0, 0.05) is 13.0 Å². The van der Waals surface area contributed by atoms with Crippen molar-refractivity contribution in [3.8, 4) is 0 Å². The Bertz CT molecular complexity index is 609. The van der Waals surface area contributed by atoms with E-state index in [9.17, 15) is 9.90 Å². The van der Waals surface area contributed by atoms with Crippen LogP contribution in [0.15, 0.2) is 30.3 Å². The van der Waals surface area contributed by atoms with Crippen molar-refractivity contribution in [2.45, 2.75) is 65.9 Å². The third kappa shape index (κ3) is 4.62. The molecule has 3 nitrogen and oxygen atoms in total. The summed E-state index contributed by atoms with van der Waals surface area (Å²) in [5.74, 6) is 3.82. The SMILES string of the molecule is CCC(CC(=O)OCc1ccccc1)C1C(CO)C(CC)C(CC)C1C1CC1. The number of rotatable bonds is 10. The van der Waals surface area contributed by atoms with E-state index in [1.807, 2.05) is 30.3 Å². The van der Waals surface area contributed by atoms with Gasteiger partial charge in [-0.25, -0.2) is 0 Å². The quantitative estimate of drug-likeness (QED) is 0.543. The van der Waals surface area contributed by atoms with Crippen molar-refractivity contribution in [1.29, 1.82) is 0 Å². The first kappa shape index (κ1) is 21.4. The first-order valence-corrected chi connectivity index (χ1v) is 11.4. The van der Waals surface area contributed by atoms with Crippen LogP contribution < -0.4 is 0 Å². The van der Waals surface area contributed by atoms with Gasteiger partial charge in [0.2, 0.25) is 0 Å². The predicted molar refractivity (Wildman–Crippen MR) is 112 cm³/mol. The predicted octanol–water partition coefficient (Wildman–Crippen LogP) is 5.46. The van der Waals surface area contributed by atoms with Gasteiger partial charge in [-0.15, -0.1) is 0 Å². The van der Waals surface area contributed by atoms with Gasteiger partial charge in [-0.3, -0.25) is 4.79 Å². The molecule has 0 radical (unpaired) electrons. The van der Waals surface area contributed by atoms with Crippen molar-refractivity contribution in [2.75, 3.05) is 6.61 Å². The van der Waals surface area contributed by atoms with Gasteiger partial charge in [0.05, 0.1) is 0 Å². The highest BCUT2D eigenvalue weighted by molar-refractivity contribution is 5.69. The average molecular weight is 387 g/mol. The molecule has 2 saturated carbocycles. The van der Waals surface area contributed by atoms with E-state index in [-0.39, 0.29) is 12.6 Å². The molecule has 1 aromatic rings. The van der Waals surface area contributed by atoms with Gasteiger partial charge in [-0.2, -0.15) is 0 Å². The van der Waals surface area contributed by atoms with Crippen LogP contribution in [0.4, 0.5) is 0 Å². The van der Waals surface area contributed by atoms with Crippen LogP contribution in [0.2, 0.25) is 0 Å². The van der Waals surface area contributed by atoms with Gasteiger partial charge in [-0.1, -0.05) is 70.4 Å². The summed E-state index contributed by atoms with van der Waals surface area (Å²) in [6, 6.07) is 9.89. The molecular weight excluding hydrogens is 348 g/mol. The molecule has 0 bridgehead atoms. The molecule has 0 aliphatic heterocycles. The molecule has 0 aromatic heterocycles. The second-order valence-corrected chi connectivity index (χ2v) is 9.00. The number of hydrogen-bond donors (Lipinski definition) is 1. The normalized spacial score (nSPS) is 30.9. The lowest BCUT2D eigenvalue weighted by molar-refractivity contribution is -0.147. The lowest BCUT2D eigenvalue weighted by Gasteiger charge is -2.33. The zero-order valence-corrected chi connectivity index (χ0v) is 17.8. The summed E-state index contributed by atoms with van der Waals surface area (Å²) in [5, 5.41) is 10.3. The Balaban J connectivity index is 1.70. The van der Waals surface area contributed by atoms with Crippen LogP contribution in [0.1, 0.15) is 64.9 Å². The Labute approximate surface area is 170 Å². The minimum Gasteiger partial charge on any atom is -0.461 e. The van der Waals surface area contributed by atoms with E-state index in [0.29, 0.717) is 48.5 Å². The first-order valence-electron chi connectivity index (χ1n) is 11.4. The number of carbonyl (C=O) groups excluding carboxylic acids is 1. The van der Waals surface area contributed by atoms with E-state index in [1.165, 1.54) is 19.3 Å². The maximum atomic E-state index is 12.6. The maximum Gasteiger partial charge on any atom is 0.306 e. The number of aliphatic hydroxyl groups is 1. The van der Waals surface area contributed by atoms with E-state index >= 15 is 0 Å².